The van der Waals surface area contributed by atoms with Gasteiger partial charge in [-0.3, -0.25) is 9.59 Å². The van der Waals surface area contributed by atoms with Crippen molar-refractivity contribution in [3.63, 3.8) is 0 Å². The van der Waals surface area contributed by atoms with Crippen LogP contribution in [0.25, 0.3) is 0 Å². The fourth-order valence-corrected chi connectivity index (χ4v) is 6.17. The van der Waals surface area contributed by atoms with E-state index < -0.39 is 5.91 Å². The molecule has 4 N–H and O–H groups in total. The van der Waals surface area contributed by atoms with Crippen molar-refractivity contribution in [1.82, 2.24) is 14.7 Å². The second kappa shape index (κ2) is 18.4. The van der Waals surface area contributed by atoms with Crippen molar-refractivity contribution in [2.45, 2.75) is 70.8 Å². The summed E-state index contributed by atoms with van der Waals surface area (Å²) >= 11 is 0. The van der Waals surface area contributed by atoms with E-state index >= 15 is 0 Å². The van der Waals surface area contributed by atoms with E-state index in [1.165, 1.54) is 38.2 Å². The highest BCUT2D eigenvalue weighted by Gasteiger charge is 2.20. The summed E-state index contributed by atoms with van der Waals surface area (Å²) in [7, 11) is 9.38. The molecule has 0 heterocycles. The van der Waals surface area contributed by atoms with E-state index in [9.17, 15) is 9.59 Å². The Hall–Kier alpha value is -3.89. The summed E-state index contributed by atoms with van der Waals surface area (Å²) in [5.41, 5.74) is 14.3. The highest BCUT2D eigenvalue weighted by atomic mass is 16.5. The van der Waals surface area contributed by atoms with Crippen LogP contribution in [0.4, 0.5) is 5.69 Å². The normalized spacial score (nSPS) is 14.6. The van der Waals surface area contributed by atoms with Gasteiger partial charge in [0.25, 0.3) is 11.8 Å². The number of methoxy groups -OCH3 is 2. The molecule has 2 amide bonds. The van der Waals surface area contributed by atoms with Crippen LogP contribution in [0, 0.1) is 0 Å². The Balaban J connectivity index is 1.72. The second-order valence-corrected chi connectivity index (χ2v) is 12.9. The number of carbonyl (C=O) groups is 2. The molecule has 10 heteroatoms. The Morgan fingerprint density at radius 2 is 1.53 bits per heavy atom. The van der Waals surface area contributed by atoms with Gasteiger partial charge >= 0.3 is 0 Å². The van der Waals surface area contributed by atoms with Gasteiger partial charge in [0, 0.05) is 25.2 Å². The van der Waals surface area contributed by atoms with Gasteiger partial charge in [0.1, 0.15) is 11.5 Å². The zero-order chi connectivity index (χ0) is 34.5. The van der Waals surface area contributed by atoms with Crippen molar-refractivity contribution in [3.05, 3.63) is 64.9 Å². The van der Waals surface area contributed by atoms with Gasteiger partial charge in [-0.05, 0) is 107 Å². The topological polar surface area (TPSA) is 127 Å². The Bertz CT molecular complexity index is 1380. The molecule has 258 valence electrons. The van der Waals surface area contributed by atoms with Gasteiger partial charge in [0.15, 0.2) is 0 Å². The SMILES string of the molecule is COc1cccc(OC)c1C(C=C(N)C(N)=O)=Nc1ccc(C(=O)N(C)CCCN(C)CCCN(C)C2CCCCC2)cc1C(C)C. The fourth-order valence-electron chi connectivity index (χ4n) is 6.17. The number of nitrogens with zero attached hydrogens (tertiary/aromatic N) is 4. The van der Waals surface area contributed by atoms with Crippen molar-refractivity contribution in [2.75, 3.05) is 61.5 Å². The van der Waals surface area contributed by atoms with Gasteiger partial charge in [-0.2, -0.15) is 0 Å². The molecule has 10 nitrogen and oxygen atoms in total. The lowest BCUT2D eigenvalue weighted by Gasteiger charge is -2.31. The van der Waals surface area contributed by atoms with Crippen molar-refractivity contribution in [3.8, 4) is 11.5 Å². The highest BCUT2D eigenvalue weighted by molar-refractivity contribution is 6.16. The van der Waals surface area contributed by atoms with Crippen LogP contribution in [0.2, 0.25) is 0 Å². The zero-order valence-corrected chi connectivity index (χ0v) is 29.6. The minimum atomic E-state index is -0.770. The number of primary amides is 1. The third-order valence-corrected chi connectivity index (χ3v) is 9.03. The molecule has 1 saturated carbocycles. The summed E-state index contributed by atoms with van der Waals surface area (Å²) < 4.78 is 11.2. The standard InChI is InChI=1S/C37H56N6O4/c1-26(2)29-24-27(37(45)43(5)23-13-21-41(3)20-12-22-42(4)28-14-9-8-10-15-28)18-19-31(29)40-32(25-30(38)36(39)44)35-33(46-6)16-11-17-34(35)47-7/h11,16-19,24-26,28H,8-10,12-15,20-23,38H2,1-7H3,(H2,39,44). The quantitative estimate of drug-likeness (QED) is 0.176. The van der Waals surface area contributed by atoms with Crippen LogP contribution >= 0.6 is 0 Å². The van der Waals surface area contributed by atoms with Gasteiger partial charge in [0.05, 0.1) is 36.9 Å². The molecule has 0 spiro atoms. The van der Waals surface area contributed by atoms with E-state index in [0.717, 1.165) is 44.1 Å². The van der Waals surface area contributed by atoms with E-state index in [4.69, 9.17) is 25.9 Å². The van der Waals surface area contributed by atoms with E-state index in [2.05, 4.69) is 23.9 Å². The molecule has 1 aliphatic carbocycles. The smallest absolute Gasteiger partial charge is 0.264 e. The summed E-state index contributed by atoms with van der Waals surface area (Å²) in [5, 5.41) is 0. The number of carbonyl (C=O) groups excluding carboxylic acids is 2. The fraction of sp³-hybridized carbons (Fsp3) is 0.541. The number of benzene rings is 2. The van der Waals surface area contributed by atoms with Crippen LogP contribution in [-0.2, 0) is 4.79 Å². The largest absolute Gasteiger partial charge is 0.496 e. The molecule has 1 fully saturated rings. The van der Waals surface area contributed by atoms with Crippen LogP contribution in [0.3, 0.4) is 0 Å². The number of amides is 2. The summed E-state index contributed by atoms with van der Waals surface area (Å²) in [4.78, 5) is 37.0. The van der Waals surface area contributed by atoms with E-state index in [1.807, 2.05) is 33.0 Å². The lowest BCUT2D eigenvalue weighted by Crippen LogP contribution is -2.35. The Morgan fingerprint density at radius 1 is 0.915 bits per heavy atom. The van der Waals surface area contributed by atoms with Crippen LogP contribution in [0.15, 0.2) is 53.2 Å². The second-order valence-electron chi connectivity index (χ2n) is 12.9. The first-order valence-corrected chi connectivity index (χ1v) is 16.8. The number of hydrogen-bond acceptors (Lipinski definition) is 8. The minimum absolute atomic E-state index is 0.0383. The number of allylic oxidation sites excluding steroid dienone is 1. The van der Waals surface area contributed by atoms with Crippen LogP contribution < -0.4 is 20.9 Å². The van der Waals surface area contributed by atoms with Crippen LogP contribution in [-0.4, -0.2) is 99.8 Å². The maximum Gasteiger partial charge on any atom is 0.264 e. The summed E-state index contributed by atoms with van der Waals surface area (Å²) in [6.45, 7) is 7.88. The molecule has 0 radical (unpaired) electrons. The van der Waals surface area contributed by atoms with Gasteiger partial charge in [-0.25, -0.2) is 4.99 Å². The lowest BCUT2D eigenvalue weighted by molar-refractivity contribution is -0.114. The lowest BCUT2D eigenvalue weighted by atomic mass is 9.94. The van der Waals surface area contributed by atoms with Gasteiger partial charge in [-0.15, -0.1) is 0 Å². The van der Waals surface area contributed by atoms with Crippen LogP contribution in [0.1, 0.15) is 86.2 Å². The highest BCUT2D eigenvalue weighted by Crippen LogP contribution is 2.34. The van der Waals surface area contributed by atoms with Gasteiger partial charge in [-0.1, -0.05) is 39.2 Å². The number of rotatable bonds is 17. The molecule has 47 heavy (non-hydrogen) atoms. The van der Waals surface area contributed by atoms with E-state index in [1.54, 1.807) is 43.4 Å². The third kappa shape index (κ3) is 10.8. The first-order valence-electron chi connectivity index (χ1n) is 16.8. The average Bonchev–Trinajstić information content (AvgIpc) is 3.07. The molecule has 0 bridgehead atoms. The zero-order valence-electron chi connectivity index (χ0n) is 29.6. The van der Waals surface area contributed by atoms with Crippen molar-refractivity contribution in [1.29, 1.82) is 0 Å². The molecule has 2 aromatic carbocycles. The van der Waals surface area contributed by atoms with E-state index in [-0.39, 0.29) is 17.5 Å². The number of nitrogens with two attached hydrogens (primary N) is 2. The predicted molar refractivity (Wildman–Crippen MR) is 191 cm³/mol. The molecule has 0 aromatic heterocycles. The van der Waals surface area contributed by atoms with Crippen molar-refractivity contribution >= 4 is 23.2 Å². The monoisotopic (exact) mass is 648 g/mol. The molecule has 3 rings (SSSR count). The molecule has 0 atom stereocenters. The molecule has 2 aromatic rings. The van der Waals surface area contributed by atoms with Crippen molar-refractivity contribution < 1.29 is 19.1 Å². The number of ether oxygens (including phenoxy) is 2. The minimum Gasteiger partial charge on any atom is -0.496 e. The third-order valence-electron chi connectivity index (χ3n) is 9.03. The molecule has 1 aliphatic rings. The molecular formula is C37H56N6O4. The van der Waals surface area contributed by atoms with Crippen LogP contribution in [0.5, 0.6) is 11.5 Å². The van der Waals surface area contributed by atoms with Crippen molar-refractivity contribution in [2.24, 2.45) is 16.5 Å². The average molecular weight is 649 g/mol. The Labute approximate surface area is 281 Å². The Morgan fingerprint density at radius 3 is 2.11 bits per heavy atom. The number of aliphatic imine (C=N–C) groups is 1. The van der Waals surface area contributed by atoms with Gasteiger partial charge < -0.3 is 35.6 Å². The first-order chi connectivity index (χ1) is 22.5. The maximum atomic E-state index is 13.5. The molecule has 0 unspecified atom stereocenters. The number of hydrogen-bond donors (Lipinski definition) is 2. The molecule has 0 aliphatic heterocycles. The summed E-state index contributed by atoms with van der Waals surface area (Å²) in [6, 6.07) is 11.6. The molecule has 0 saturated heterocycles. The maximum absolute atomic E-state index is 13.5. The van der Waals surface area contributed by atoms with E-state index in [0.29, 0.717) is 40.6 Å². The van der Waals surface area contributed by atoms with Gasteiger partial charge in [0.2, 0.25) is 0 Å². The predicted octanol–water partition coefficient (Wildman–Crippen LogP) is 5.32. The summed E-state index contributed by atoms with van der Waals surface area (Å²) in [5.74, 6) is 0.231. The first kappa shape index (κ1) is 37.6. The Kier molecular flexibility index (Phi) is 14.7. The molecular weight excluding hydrogens is 592 g/mol. The summed E-state index contributed by atoms with van der Waals surface area (Å²) in [6.07, 6.45) is 10.3.